The summed E-state index contributed by atoms with van der Waals surface area (Å²) >= 11 is 0. The van der Waals surface area contributed by atoms with Crippen LogP contribution >= 0.6 is 0 Å². The third kappa shape index (κ3) is 33.2. The highest BCUT2D eigenvalue weighted by molar-refractivity contribution is 6.07. The predicted molar refractivity (Wildman–Crippen MR) is 265 cm³/mol. The first-order chi connectivity index (χ1) is 30.4. The van der Waals surface area contributed by atoms with E-state index in [0.717, 1.165) is 95.5 Å². The first-order valence-corrected chi connectivity index (χ1v) is 26.8. The van der Waals surface area contributed by atoms with Crippen LogP contribution in [0.1, 0.15) is 259 Å². The van der Waals surface area contributed by atoms with Crippen molar-refractivity contribution in [3.8, 4) is 0 Å². The fourth-order valence-corrected chi connectivity index (χ4v) is 8.75. The summed E-state index contributed by atoms with van der Waals surface area (Å²) < 4.78 is 13.0. The lowest BCUT2D eigenvalue weighted by molar-refractivity contribution is -0.122. The second kappa shape index (κ2) is 42.6. The van der Waals surface area contributed by atoms with E-state index in [4.69, 9.17) is 9.47 Å². The molecule has 0 saturated carbocycles. The third-order valence-corrected chi connectivity index (χ3v) is 12.8. The Hall–Kier alpha value is -2.30. The fraction of sp³-hybridized carbons (Fsp3) is 0.855. The van der Waals surface area contributed by atoms with Gasteiger partial charge in [0.1, 0.15) is 17.7 Å². The van der Waals surface area contributed by atoms with E-state index in [0.29, 0.717) is 12.2 Å². The molecule has 7 nitrogen and oxygen atoms in total. The Balaban J connectivity index is 2.45. The van der Waals surface area contributed by atoms with Gasteiger partial charge in [-0.3, -0.25) is 14.9 Å². The highest BCUT2D eigenvalue weighted by atomic mass is 16.5. The van der Waals surface area contributed by atoms with Gasteiger partial charge in [-0.15, -0.1) is 0 Å². The quantitative estimate of drug-likeness (QED) is 0.0274. The summed E-state index contributed by atoms with van der Waals surface area (Å²) in [5.74, 6) is 1.72. The normalized spacial score (nSPS) is 14.3. The highest BCUT2D eigenvalue weighted by Crippen LogP contribution is 2.22. The number of nitrogens with one attached hydrogen (secondary N) is 2. The largest absolute Gasteiger partial charge is 0.487 e. The van der Waals surface area contributed by atoms with E-state index in [1.165, 1.54) is 167 Å². The molecule has 62 heavy (non-hydrogen) atoms. The zero-order chi connectivity index (χ0) is 45.1. The van der Waals surface area contributed by atoms with Crippen molar-refractivity contribution in [1.82, 2.24) is 15.5 Å². The number of nitrogens with zero attached hydrogens (tertiary/aromatic N) is 1. The number of hydrogen-bond donors (Lipinski definition) is 2. The van der Waals surface area contributed by atoms with Crippen LogP contribution in [0.15, 0.2) is 36.1 Å². The van der Waals surface area contributed by atoms with Gasteiger partial charge in [-0.25, -0.2) is 0 Å². The monoisotopic (exact) mass is 868 g/mol. The molecular weight excluding hydrogens is 767 g/mol. The SMILES string of the molecule is C=C=C(CCCCCCCN(CCCCCCCC(=C=C)OC(CCCCCCCC)CCCCCCCC)CCCNC1NC(=O)CC1=O)OC(CC)CCCCCCCC. The maximum absolute atomic E-state index is 12.1. The van der Waals surface area contributed by atoms with Gasteiger partial charge in [0.25, 0.3) is 0 Å². The van der Waals surface area contributed by atoms with Crippen LogP contribution in [0.25, 0.3) is 0 Å². The summed E-state index contributed by atoms with van der Waals surface area (Å²) in [4.78, 5) is 26.3. The molecule has 1 amide bonds. The summed E-state index contributed by atoms with van der Waals surface area (Å²) in [6.45, 7) is 21.0. The Labute approximate surface area is 384 Å². The molecule has 0 aromatic carbocycles. The number of hydrogen-bond acceptors (Lipinski definition) is 6. The molecule has 2 atom stereocenters. The van der Waals surface area contributed by atoms with Crippen molar-refractivity contribution in [2.24, 2.45) is 0 Å². The van der Waals surface area contributed by atoms with Gasteiger partial charge >= 0.3 is 0 Å². The molecule has 1 aliphatic heterocycles. The lowest BCUT2D eigenvalue weighted by Crippen LogP contribution is -2.44. The maximum Gasteiger partial charge on any atom is 0.229 e. The van der Waals surface area contributed by atoms with E-state index >= 15 is 0 Å². The Bertz CT molecular complexity index is 1160. The molecule has 360 valence electrons. The number of ketones is 1. The van der Waals surface area contributed by atoms with Crippen LogP contribution in [0, 0.1) is 0 Å². The summed E-state index contributed by atoms with van der Waals surface area (Å²) in [5.41, 5.74) is 6.28. The Morgan fingerprint density at radius 1 is 0.565 bits per heavy atom. The molecule has 0 aliphatic carbocycles. The molecule has 0 radical (unpaired) electrons. The van der Waals surface area contributed by atoms with E-state index in [1.54, 1.807) is 0 Å². The van der Waals surface area contributed by atoms with Gasteiger partial charge in [0.05, 0.1) is 18.6 Å². The predicted octanol–water partition coefficient (Wildman–Crippen LogP) is 15.1. The fourth-order valence-electron chi connectivity index (χ4n) is 8.75. The van der Waals surface area contributed by atoms with Crippen LogP contribution in [0.2, 0.25) is 0 Å². The molecule has 2 unspecified atom stereocenters. The van der Waals surface area contributed by atoms with E-state index in [1.807, 2.05) is 0 Å². The Morgan fingerprint density at radius 2 is 0.952 bits per heavy atom. The number of carbonyl (C=O) groups is 2. The number of unbranched alkanes of at least 4 members (excludes halogenated alkanes) is 23. The molecule has 7 heteroatoms. The molecule has 1 aliphatic rings. The third-order valence-electron chi connectivity index (χ3n) is 12.8. The summed E-state index contributed by atoms with van der Waals surface area (Å²) in [6, 6.07) is 0. The minimum atomic E-state index is -0.514. The molecule has 1 saturated heterocycles. The van der Waals surface area contributed by atoms with E-state index < -0.39 is 6.17 Å². The van der Waals surface area contributed by atoms with Crippen LogP contribution in [0.5, 0.6) is 0 Å². The summed E-state index contributed by atoms with van der Waals surface area (Å²) in [6.07, 6.45) is 43.4. The van der Waals surface area contributed by atoms with Crippen molar-refractivity contribution in [3.63, 3.8) is 0 Å². The van der Waals surface area contributed by atoms with Crippen molar-refractivity contribution in [2.75, 3.05) is 26.2 Å². The van der Waals surface area contributed by atoms with Crippen molar-refractivity contribution >= 4 is 11.7 Å². The first-order valence-electron chi connectivity index (χ1n) is 26.8. The maximum atomic E-state index is 12.1. The van der Waals surface area contributed by atoms with Crippen LogP contribution in [-0.4, -0.2) is 61.1 Å². The number of rotatable bonds is 47. The molecule has 2 N–H and O–H groups in total. The molecule has 0 bridgehead atoms. The van der Waals surface area contributed by atoms with Crippen molar-refractivity contribution < 1.29 is 19.1 Å². The number of carbonyl (C=O) groups excluding carboxylic acids is 2. The second-order valence-corrected chi connectivity index (χ2v) is 18.6. The average molecular weight is 868 g/mol. The van der Waals surface area contributed by atoms with Crippen molar-refractivity contribution in [2.45, 2.75) is 277 Å². The van der Waals surface area contributed by atoms with Crippen LogP contribution in [-0.2, 0) is 19.1 Å². The average Bonchev–Trinajstić information content (AvgIpc) is 3.61. The van der Waals surface area contributed by atoms with Gasteiger partial charge in [-0.2, -0.15) is 0 Å². The van der Waals surface area contributed by atoms with Crippen molar-refractivity contribution in [1.29, 1.82) is 0 Å². The zero-order valence-electron chi connectivity index (χ0n) is 41.5. The van der Waals surface area contributed by atoms with Gasteiger partial charge in [0, 0.05) is 12.8 Å². The molecular formula is C55H101N3O4. The minimum absolute atomic E-state index is 0.00222. The van der Waals surface area contributed by atoms with Gasteiger partial charge in [-0.05, 0) is 103 Å². The number of Topliss-reactive ketones (excluding diaryl/α,β-unsaturated/α-hetero) is 1. The smallest absolute Gasteiger partial charge is 0.229 e. The van der Waals surface area contributed by atoms with Gasteiger partial charge in [0.15, 0.2) is 5.78 Å². The molecule has 0 spiro atoms. The zero-order valence-corrected chi connectivity index (χ0v) is 41.5. The standard InChI is InChI=1S/C55H101N3O4/c1-7-13-16-19-24-31-39-49(10-4)61-50(11-5)40-32-27-22-29-36-45-58(47-38-44-56-55-53(59)48-54(60)57-55)46-37-30-23-28-33-41-51(12-6)62-52(42-34-25-20-17-14-8-2)43-35-26-21-18-15-9-3/h49,52,55-56H,5-10,13-48H2,1-4H3,(H,57,60). The topological polar surface area (TPSA) is 79.9 Å². The molecule has 1 rings (SSSR count). The molecule has 0 aromatic rings. The van der Waals surface area contributed by atoms with Gasteiger partial charge < -0.3 is 19.7 Å². The Kier molecular flexibility index (Phi) is 39.7. The van der Waals surface area contributed by atoms with E-state index in [9.17, 15) is 9.59 Å². The molecule has 1 fully saturated rings. The van der Waals surface area contributed by atoms with Crippen LogP contribution in [0.3, 0.4) is 0 Å². The summed E-state index contributed by atoms with van der Waals surface area (Å²) in [7, 11) is 0. The molecule has 1 heterocycles. The highest BCUT2D eigenvalue weighted by Gasteiger charge is 2.29. The van der Waals surface area contributed by atoms with Crippen LogP contribution < -0.4 is 10.6 Å². The molecule has 0 aromatic heterocycles. The number of allylic oxidation sites excluding steroid dienone is 2. The Morgan fingerprint density at radius 3 is 1.37 bits per heavy atom. The van der Waals surface area contributed by atoms with Gasteiger partial charge in [0.2, 0.25) is 5.91 Å². The van der Waals surface area contributed by atoms with Gasteiger partial charge in [-0.1, -0.05) is 187 Å². The second-order valence-electron chi connectivity index (χ2n) is 18.6. The number of amides is 1. The first kappa shape index (κ1) is 57.7. The van der Waals surface area contributed by atoms with Crippen LogP contribution in [0.4, 0.5) is 0 Å². The lowest BCUT2D eigenvalue weighted by Gasteiger charge is -2.23. The number of ether oxygens (including phenoxy) is 2. The van der Waals surface area contributed by atoms with Crippen molar-refractivity contribution in [3.05, 3.63) is 36.1 Å². The summed E-state index contributed by atoms with van der Waals surface area (Å²) in [5, 5.41) is 6.01. The lowest BCUT2D eigenvalue weighted by atomic mass is 10.0. The van der Waals surface area contributed by atoms with E-state index in [2.05, 4.69) is 67.8 Å². The minimum Gasteiger partial charge on any atom is -0.487 e. The van der Waals surface area contributed by atoms with E-state index in [-0.39, 0.29) is 18.1 Å².